The van der Waals surface area contributed by atoms with Crippen molar-refractivity contribution in [2.75, 3.05) is 11.1 Å². The zero-order valence-electron chi connectivity index (χ0n) is 18.1. The molecule has 2 aromatic rings. The van der Waals surface area contributed by atoms with Crippen molar-refractivity contribution in [3.8, 4) is 0 Å². The monoisotopic (exact) mass is 429 g/mol. The van der Waals surface area contributed by atoms with Gasteiger partial charge in [0.2, 0.25) is 0 Å². The fourth-order valence-corrected chi connectivity index (χ4v) is 4.87. The van der Waals surface area contributed by atoms with E-state index in [4.69, 9.17) is 4.74 Å². The minimum absolute atomic E-state index is 0.00968. The van der Waals surface area contributed by atoms with Crippen LogP contribution in [0.3, 0.4) is 0 Å². The van der Waals surface area contributed by atoms with Crippen LogP contribution >= 0.6 is 11.8 Å². The maximum atomic E-state index is 12.7. The summed E-state index contributed by atoms with van der Waals surface area (Å²) in [6.07, 6.45) is 5.00. The summed E-state index contributed by atoms with van der Waals surface area (Å²) in [5, 5.41) is 6.97. The van der Waals surface area contributed by atoms with Gasteiger partial charge in [0.25, 0.3) is 5.91 Å². The predicted octanol–water partition coefficient (Wildman–Crippen LogP) is 4.77. The van der Waals surface area contributed by atoms with Gasteiger partial charge in [0.1, 0.15) is 6.10 Å². The predicted molar refractivity (Wildman–Crippen MR) is 120 cm³/mol. The molecule has 3 unspecified atom stereocenters. The number of anilines is 1. The van der Waals surface area contributed by atoms with E-state index in [2.05, 4.69) is 31.2 Å². The van der Waals surface area contributed by atoms with Crippen molar-refractivity contribution < 1.29 is 14.3 Å². The van der Waals surface area contributed by atoms with Crippen LogP contribution in [0.5, 0.6) is 0 Å². The van der Waals surface area contributed by atoms with Crippen LogP contribution in [-0.2, 0) is 16.6 Å². The molecular formula is C23H31N3O3S. The standard InChI is InChI=1S/C23H31N3O3S/c1-15(2)17-10-9-16(3)13-19(17)29-22(27)14-30-20-8-6-5-7-18(20)23(28)24-21-11-12-26(4)25-21/h5-8,11-12,15-17,19H,9-10,13-14H2,1-4H3,(H,24,25,28). The summed E-state index contributed by atoms with van der Waals surface area (Å²) in [7, 11) is 1.79. The molecule has 0 spiro atoms. The van der Waals surface area contributed by atoms with Crippen molar-refractivity contribution in [1.82, 2.24) is 9.78 Å². The van der Waals surface area contributed by atoms with Crippen molar-refractivity contribution in [2.45, 2.75) is 51.0 Å². The lowest BCUT2D eigenvalue weighted by atomic mass is 9.75. The number of aromatic nitrogens is 2. The molecule has 1 aliphatic rings. The second-order valence-electron chi connectivity index (χ2n) is 8.47. The molecule has 1 aromatic carbocycles. The lowest BCUT2D eigenvalue weighted by molar-refractivity contribution is -0.152. The highest BCUT2D eigenvalue weighted by atomic mass is 32.2. The van der Waals surface area contributed by atoms with E-state index < -0.39 is 0 Å². The molecule has 1 N–H and O–H groups in total. The van der Waals surface area contributed by atoms with Crippen LogP contribution in [0.25, 0.3) is 0 Å². The topological polar surface area (TPSA) is 73.2 Å². The van der Waals surface area contributed by atoms with Gasteiger partial charge < -0.3 is 10.1 Å². The van der Waals surface area contributed by atoms with Gasteiger partial charge in [-0.3, -0.25) is 14.3 Å². The summed E-state index contributed by atoms with van der Waals surface area (Å²) in [6.45, 7) is 6.63. The molecule has 3 rings (SSSR count). The molecule has 0 radical (unpaired) electrons. The first-order chi connectivity index (χ1) is 14.3. The zero-order valence-corrected chi connectivity index (χ0v) is 18.9. The Morgan fingerprint density at radius 2 is 2.03 bits per heavy atom. The molecule has 3 atom stereocenters. The maximum Gasteiger partial charge on any atom is 0.316 e. The summed E-state index contributed by atoms with van der Waals surface area (Å²) >= 11 is 1.34. The van der Waals surface area contributed by atoms with Crippen molar-refractivity contribution >= 4 is 29.5 Å². The number of thioether (sulfide) groups is 1. The Morgan fingerprint density at radius 3 is 2.73 bits per heavy atom. The smallest absolute Gasteiger partial charge is 0.316 e. The van der Waals surface area contributed by atoms with Crippen LogP contribution in [-0.4, -0.2) is 33.5 Å². The van der Waals surface area contributed by atoms with E-state index in [0.29, 0.717) is 29.1 Å². The van der Waals surface area contributed by atoms with E-state index in [1.54, 1.807) is 30.1 Å². The molecule has 6 nitrogen and oxygen atoms in total. The van der Waals surface area contributed by atoms with Gasteiger partial charge in [-0.05, 0) is 42.7 Å². The summed E-state index contributed by atoms with van der Waals surface area (Å²) in [5.74, 6) is 1.72. The third kappa shape index (κ3) is 5.88. The molecule has 7 heteroatoms. The Bertz CT molecular complexity index is 880. The molecular weight excluding hydrogens is 398 g/mol. The molecule has 1 fully saturated rings. The molecule has 30 heavy (non-hydrogen) atoms. The van der Waals surface area contributed by atoms with Crippen LogP contribution in [0.4, 0.5) is 5.82 Å². The van der Waals surface area contributed by atoms with Gasteiger partial charge in [0.15, 0.2) is 5.82 Å². The van der Waals surface area contributed by atoms with E-state index in [0.717, 1.165) is 17.7 Å². The number of amides is 1. The first-order valence-electron chi connectivity index (χ1n) is 10.6. The Labute approximate surface area is 182 Å². The molecule has 1 saturated carbocycles. The van der Waals surface area contributed by atoms with Crippen molar-refractivity contribution in [2.24, 2.45) is 24.8 Å². The van der Waals surface area contributed by atoms with Crippen LogP contribution in [0.15, 0.2) is 41.4 Å². The highest BCUT2D eigenvalue weighted by molar-refractivity contribution is 8.00. The van der Waals surface area contributed by atoms with Crippen LogP contribution < -0.4 is 5.32 Å². The number of hydrogen-bond acceptors (Lipinski definition) is 5. The Morgan fingerprint density at radius 1 is 1.27 bits per heavy atom. The van der Waals surface area contributed by atoms with Crippen molar-refractivity contribution in [3.63, 3.8) is 0 Å². The lowest BCUT2D eigenvalue weighted by Crippen LogP contribution is -2.36. The number of nitrogens with one attached hydrogen (secondary N) is 1. The molecule has 1 aromatic heterocycles. The van der Waals surface area contributed by atoms with Gasteiger partial charge >= 0.3 is 5.97 Å². The normalized spacial score (nSPS) is 21.4. The summed E-state index contributed by atoms with van der Waals surface area (Å²) in [5.41, 5.74) is 0.521. The van der Waals surface area contributed by atoms with E-state index in [-0.39, 0.29) is 23.7 Å². The SMILES string of the molecule is CC1CCC(C(C)C)C(OC(=O)CSc2ccccc2C(=O)Nc2ccn(C)n2)C1. The number of benzene rings is 1. The van der Waals surface area contributed by atoms with E-state index in [1.807, 2.05) is 18.2 Å². The Balaban J connectivity index is 1.60. The van der Waals surface area contributed by atoms with Crippen LogP contribution in [0.2, 0.25) is 0 Å². The number of rotatable bonds is 7. The quantitative estimate of drug-likeness (QED) is 0.507. The molecule has 0 aliphatic heterocycles. The molecule has 162 valence electrons. The minimum Gasteiger partial charge on any atom is -0.461 e. The maximum absolute atomic E-state index is 12.7. The number of hydrogen-bond donors (Lipinski definition) is 1. The zero-order chi connectivity index (χ0) is 21.7. The number of carbonyl (C=O) groups is 2. The van der Waals surface area contributed by atoms with Gasteiger partial charge in [-0.2, -0.15) is 5.10 Å². The average molecular weight is 430 g/mol. The van der Waals surface area contributed by atoms with Gasteiger partial charge in [0.05, 0.1) is 11.3 Å². The number of esters is 1. The first kappa shape index (κ1) is 22.4. The van der Waals surface area contributed by atoms with Gasteiger partial charge in [-0.1, -0.05) is 39.3 Å². The minimum atomic E-state index is -0.244. The van der Waals surface area contributed by atoms with Crippen LogP contribution in [0, 0.1) is 17.8 Å². The summed E-state index contributed by atoms with van der Waals surface area (Å²) in [6, 6.07) is 9.02. The highest BCUT2D eigenvalue weighted by Crippen LogP contribution is 2.35. The van der Waals surface area contributed by atoms with Gasteiger partial charge in [-0.15, -0.1) is 11.8 Å². The fraction of sp³-hybridized carbons (Fsp3) is 0.522. The largest absolute Gasteiger partial charge is 0.461 e. The number of aryl methyl sites for hydroxylation is 1. The van der Waals surface area contributed by atoms with Crippen LogP contribution in [0.1, 0.15) is 50.4 Å². The third-order valence-corrected chi connectivity index (χ3v) is 6.72. The van der Waals surface area contributed by atoms with Crippen molar-refractivity contribution in [3.05, 3.63) is 42.1 Å². The van der Waals surface area contributed by atoms with E-state index >= 15 is 0 Å². The second-order valence-corrected chi connectivity index (χ2v) is 9.49. The molecule has 1 amide bonds. The number of nitrogens with zero attached hydrogens (tertiary/aromatic N) is 2. The van der Waals surface area contributed by atoms with Crippen molar-refractivity contribution in [1.29, 1.82) is 0 Å². The van der Waals surface area contributed by atoms with Gasteiger partial charge in [-0.25, -0.2) is 0 Å². The average Bonchev–Trinajstić information content (AvgIpc) is 3.11. The Kier molecular flexibility index (Phi) is 7.58. The molecule has 1 aliphatic carbocycles. The highest BCUT2D eigenvalue weighted by Gasteiger charge is 2.33. The number of carbonyl (C=O) groups excluding carboxylic acids is 2. The number of ether oxygens (including phenoxy) is 1. The van der Waals surface area contributed by atoms with Gasteiger partial charge in [0, 0.05) is 24.2 Å². The fourth-order valence-electron chi connectivity index (χ4n) is 4.04. The summed E-state index contributed by atoms with van der Waals surface area (Å²) in [4.78, 5) is 26.0. The summed E-state index contributed by atoms with van der Waals surface area (Å²) < 4.78 is 7.51. The lowest BCUT2D eigenvalue weighted by Gasteiger charge is -2.36. The molecule has 1 heterocycles. The molecule has 0 saturated heterocycles. The second kappa shape index (κ2) is 10.2. The Hall–Kier alpha value is -2.28. The first-order valence-corrected chi connectivity index (χ1v) is 11.5. The van der Waals surface area contributed by atoms with E-state index in [9.17, 15) is 9.59 Å². The molecule has 0 bridgehead atoms. The third-order valence-electron chi connectivity index (χ3n) is 5.68. The van der Waals surface area contributed by atoms with E-state index in [1.165, 1.54) is 18.2 Å².